The number of aryl methyl sites for hydroxylation is 1. The first-order chi connectivity index (χ1) is 15.1. The molecule has 2 saturated heterocycles. The van der Waals surface area contributed by atoms with E-state index in [1.807, 2.05) is 17.0 Å². The van der Waals surface area contributed by atoms with E-state index in [1.54, 1.807) is 12.3 Å². The molecule has 5 rings (SSSR count). The zero-order valence-corrected chi connectivity index (χ0v) is 17.7. The number of nitrogens with one attached hydrogen (secondary N) is 2. The van der Waals surface area contributed by atoms with E-state index in [1.165, 1.54) is 4.57 Å². The number of hydrogen-bond donors (Lipinski definition) is 2. The van der Waals surface area contributed by atoms with Gasteiger partial charge in [-0.25, -0.2) is 0 Å². The maximum Gasteiger partial charge on any atom is 0.270 e. The predicted octanol–water partition coefficient (Wildman–Crippen LogP) is 2.68. The molecule has 0 bridgehead atoms. The summed E-state index contributed by atoms with van der Waals surface area (Å²) in [6.07, 6.45) is 6.98. The van der Waals surface area contributed by atoms with Crippen molar-refractivity contribution in [3.63, 3.8) is 0 Å². The molecule has 2 aromatic heterocycles. The smallest absolute Gasteiger partial charge is 0.270 e. The van der Waals surface area contributed by atoms with Crippen molar-refractivity contribution < 1.29 is 14.3 Å². The third-order valence-electron chi connectivity index (χ3n) is 6.59. The fourth-order valence-electron chi connectivity index (χ4n) is 4.69. The number of ether oxygens (including phenoxy) is 1. The summed E-state index contributed by atoms with van der Waals surface area (Å²) < 4.78 is 6.59. The largest absolute Gasteiger partial charge is 0.381 e. The zero-order valence-electron chi connectivity index (χ0n) is 17.7. The maximum absolute atomic E-state index is 12.8. The lowest BCUT2D eigenvalue weighted by Crippen LogP contribution is -2.31. The lowest BCUT2D eigenvalue weighted by atomic mass is 10.0. The number of amides is 1. The maximum atomic E-state index is 12.8. The van der Waals surface area contributed by atoms with Gasteiger partial charge in [0.2, 0.25) is 5.91 Å². The van der Waals surface area contributed by atoms with Gasteiger partial charge in [-0.2, -0.15) is 0 Å². The number of anilines is 2. The number of likely N-dealkylation sites (tertiary alicyclic amines) is 1. The lowest BCUT2D eigenvalue weighted by molar-refractivity contribution is -0.0356. The number of aromatic nitrogens is 2. The SMILES string of the molecule is N=c1cc(N2CCCc3cc(C(=O)N4CCCC4)[nH]c32)ccn1C(=O)CCC1COC1. The van der Waals surface area contributed by atoms with Gasteiger partial charge in [0.25, 0.3) is 5.91 Å². The molecule has 3 aliphatic rings. The Morgan fingerprint density at radius 3 is 2.65 bits per heavy atom. The van der Waals surface area contributed by atoms with Gasteiger partial charge in [-0.1, -0.05) is 0 Å². The van der Waals surface area contributed by atoms with Crippen LogP contribution in [0.4, 0.5) is 11.5 Å². The van der Waals surface area contributed by atoms with Crippen molar-refractivity contribution >= 4 is 23.3 Å². The summed E-state index contributed by atoms with van der Waals surface area (Å²) in [6.45, 7) is 3.94. The van der Waals surface area contributed by atoms with E-state index in [4.69, 9.17) is 10.1 Å². The number of H-pyrrole nitrogens is 1. The molecule has 0 spiro atoms. The Balaban J connectivity index is 1.35. The number of carbonyl (C=O) groups excluding carboxylic acids is 2. The van der Waals surface area contributed by atoms with Crippen molar-refractivity contribution in [2.24, 2.45) is 5.92 Å². The van der Waals surface area contributed by atoms with Gasteiger partial charge in [-0.3, -0.25) is 19.6 Å². The summed E-state index contributed by atoms with van der Waals surface area (Å²) in [6, 6.07) is 5.61. The molecule has 8 heteroatoms. The van der Waals surface area contributed by atoms with E-state index in [0.717, 1.165) is 82.0 Å². The minimum atomic E-state index is -0.0545. The first-order valence-corrected chi connectivity index (χ1v) is 11.3. The topological polar surface area (TPSA) is 94.4 Å². The van der Waals surface area contributed by atoms with Crippen molar-refractivity contribution in [2.45, 2.75) is 38.5 Å². The zero-order chi connectivity index (χ0) is 21.4. The van der Waals surface area contributed by atoms with Crippen LogP contribution in [0.5, 0.6) is 0 Å². The van der Waals surface area contributed by atoms with Crippen LogP contribution in [0.25, 0.3) is 0 Å². The second-order valence-corrected chi connectivity index (χ2v) is 8.79. The summed E-state index contributed by atoms with van der Waals surface area (Å²) in [4.78, 5) is 32.7. The Labute approximate surface area is 181 Å². The van der Waals surface area contributed by atoms with Gasteiger partial charge < -0.3 is 19.5 Å². The summed E-state index contributed by atoms with van der Waals surface area (Å²) >= 11 is 0. The van der Waals surface area contributed by atoms with E-state index >= 15 is 0 Å². The van der Waals surface area contributed by atoms with Crippen LogP contribution in [0.2, 0.25) is 0 Å². The highest BCUT2D eigenvalue weighted by atomic mass is 16.5. The van der Waals surface area contributed by atoms with Crippen LogP contribution in [0.15, 0.2) is 24.4 Å². The van der Waals surface area contributed by atoms with Gasteiger partial charge in [0.1, 0.15) is 17.0 Å². The molecule has 0 aliphatic carbocycles. The quantitative estimate of drug-likeness (QED) is 0.773. The fourth-order valence-corrected chi connectivity index (χ4v) is 4.69. The van der Waals surface area contributed by atoms with Gasteiger partial charge in [-0.15, -0.1) is 0 Å². The number of carbonyl (C=O) groups is 2. The average Bonchev–Trinajstić information content (AvgIpc) is 3.41. The molecule has 2 fully saturated rings. The summed E-state index contributed by atoms with van der Waals surface area (Å²) in [7, 11) is 0. The van der Waals surface area contributed by atoms with Crippen molar-refractivity contribution in [1.29, 1.82) is 5.41 Å². The van der Waals surface area contributed by atoms with Gasteiger partial charge >= 0.3 is 0 Å². The normalized spacial score (nSPS) is 18.7. The van der Waals surface area contributed by atoms with Crippen LogP contribution in [0.3, 0.4) is 0 Å². The highest BCUT2D eigenvalue weighted by molar-refractivity contribution is 5.94. The Morgan fingerprint density at radius 2 is 1.94 bits per heavy atom. The monoisotopic (exact) mass is 423 g/mol. The molecule has 2 N–H and O–H groups in total. The molecule has 8 nitrogen and oxygen atoms in total. The van der Waals surface area contributed by atoms with Crippen LogP contribution < -0.4 is 10.4 Å². The summed E-state index contributed by atoms with van der Waals surface area (Å²) in [5.41, 5.74) is 2.82. The molecule has 0 saturated carbocycles. The van der Waals surface area contributed by atoms with Gasteiger partial charge in [0, 0.05) is 49.9 Å². The van der Waals surface area contributed by atoms with Crippen molar-refractivity contribution in [3.05, 3.63) is 41.1 Å². The van der Waals surface area contributed by atoms with Gasteiger partial charge in [0.15, 0.2) is 0 Å². The molecule has 164 valence electrons. The Kier molecular flexibility index (Phi) is 5.40. The van der Waals surface area contributed by atoms with Gasteiger partial charge in [-0.05, 0) is 49.8 Å². The Hall–Kier alpha value is -2.87. The molecule has 1 amide bonds. The number of rotatable bonds is 5. The number of aromatic amines is 1. The van der Waals surface area contributed by atoms with E-state index < -0.39 is 0 Å². The van der Waals surface area contributed by atoms with Crippen molar-refractivity contribution in [2.75, 3.05) is 37.7 Å². The second-order valence-electron chi connectivity index (χ2n) is 8.79. The second kappa shape index (κ2) is 8.34. The van der Waals surface area contributed by atoms with Crippen LogP contribution in [-0.2, 0) is 11.2 Å². The number of hydrogen-bond acceptors (Lipinski definition) is 5. The highest BCUT2D eigenvalue weighted by Crippen LogP contribution is 2.33. The van der Waals surface area contributed by atoms with E-state index in [-0.39, 0.29) is 17.3 Å². The molecule has 3 aliphatic heterocycles. The van der Waals surface area contributed by atoms with Crippen LogP contribution in [0, 0.1) is 11.3 Å². The molecular weight excluding hydrogens is 394 g/mol. The molecule has 31 heavy (non-hydrogen) atoms. The number of pyridine rings is 1. The average molecular weight is 424 g/mol. The Bertz CT molecular complexity index is 1050. The van der Waals surface area contributed by atoms with Crippen LogP contribution >= 0.6 is 0 Å². The van der Waals surface area contributed by atoms with E-state index in [9.17, 15) is 9.59 Å². The first-order valence-electron chi connectivity index (χ1n) is 11.3. The number of fused-ring (bicyclic) bond motifs is 1. The predicted molar refractivity (Wildman–Crippen MR) is 116 cm³/mol. The molecule has 0 atom stereocenters. The summed E-state index contributed by atoms with van der Waals surface area (Å²) in [5.74, 6) is 1.42. The van der Waals surface area contributed by atoms with Crippen molar-refractivity contribution in [1.82, 2.24) is 14.5 Å². The molecule has 2 aromatic rings. The molecular formula is C23H29N5O3. The minimum absolute atomic E-state index is 0.0545. The third-order valence-corrected chi connectivity index (χ3v) is 6.59. The molecule has 0 aromatic carbocycles. The molecule has 0 radical (unpaired) electrons. The molecule has 0 unspecified atom stereocenters. The van der Waals surface area contributed by atoms with Crippen LogP contribution in [-0.4, -0.2) is 59.1 Å². The standard InChI is InChI=1S/C23H29N5O3/c24-20-13-18(7-11-28(20)21(29)6-5-16-14-31-15-16)27-10-3-4-17-12-19(25-22(17)27)23(30)26-8-1-2-9-26/h7,11-13,16,24-25H,1-6,8-10,14-15H2. The van der Waals surface area contributed by atoms with E-state index in [0.29, 0.717) is 18.0 Å². The molecule has 5 heterocycles. The van der Waals surface area contributed by atoms with Crippen molar-refractivity contribution in [3.8, 4) is 0 Å². The fraction of sp³-hybridized carbons (Fsp3) is 0.522. The van der Waals surface area contributed by atoms with Gasteiger partial charge in [0.05, 0.1) is 13.2 Å². The lowest BCUT2D eigenvalue weighted by Gasteiger charge is -2.29. The first kappa shape index (κ1) is 20.1. The third kappa shape index (κ3) is 3.92. The Morgan fingerprint density at radius 1 is 1.13 bits per heavy atom. The number of nitrogens with zero attached hydrogens (tertiary/aromatic N) is 3. The van der Waals surface area contributed by atoms with E-state index in [2.05, 4.69) is 9.88 Å². The van der Waals surface area contributed by atoms with Crippen LogP contribution in [0.1, 0.15) is 53.0 Å². The summed E-state index contributed by atoms with van der Waals surface area (Å²) in [5, 5.41) is 8.40. The highest BCUT2D eigenvalue weighted by Gasteiger charge is 2.27. The minimum Gasteiger partial charge on any atom is -0.381 e.